The van der Waals surface area contributed by atoms with Gasteiger partial charge in [0.1, 0.15) is 6.10 Å². The number of ether oxygens (including phenoxy) is 1. The van der Waals surface area contributed by atoms with Crippen molar-refractivity contribution in [3.8, 4) is 0 Å². The summed E-state index contributed by atoms with van der Waals surface area (Å²) in [6.45, 7) is -1.09. The van der Waals surface area contributed by atoms with Crippen LogP contribution >= 0.6 is 0 Å². The lowest BCUT2D eigenvalue weighted by molar-refractivity contribution is -0.217. The van der Waals surface area contributed by atoms with Crippen LogP contribution in [0, 0.1) is 0 Å². The summed E-state index contributed by atoms with van der Waals surface area (Å²) < 4.78 is 5.35. The Bertz CT molecular complexity index is 1210. The van der Waals surface area contributed by atoms with Gasteiger partial charge < -0.3 is 25.2 Å². The first-order valence-corrected chi connectivity index (χ1v) is 10.5. The Hall–Kier alpha value is -3.53. The second-order valence-electron chi connectivity index (χ2n) is 8.00. The van der Waals surface area contributed by atoms with Crippen LogP contribution in [-0.2, 0) is 4.74 Å². The van der Waals surface area contributed by atoms with Crippen LogP contribution in [0.1, 0.15) is 31.1 Å². The van der Waals surface area contributed by atoms with Gasteiger partial charge in [0.2, 0.25) is 23.0 Å². The number of carbonyl (C=O) groups excluding carboxylic acids is 3. The highest BCUT2D eigenvalue weighted by atomic mass is 16.7. The largest absolute Gasteiger partial charge is 0.394 e. The van der Waals surface area contributed by atoms with Gasteiger partial charge in [-0.25, -0.2) is 0 Å². The molecule has 0 aromatic heterocycles. The minimum absolute atomic E-state index is 0.136. The predicted octanol–water partition coefficient (Wildman–Crippen LogP) is 1.18. The average Bonchev–Trinajstić information content (AvgIpc) is 3.08. The van der Waals surface area contributed by atoms with Crippen LogP contribution in [0.25, 0.3) is 0 Å². The summed E-state index contributed by atoms with van der Waals surface area (Å²) >= 11 is 0. The van der Waals surface area contributed by atoms with Crippen LogP contribution in [-0.4, -0.2) is 67.5 Å². The lowest BCUT2D eigenvalue weighted by Crippen LogP contribution is -2.73. The normalized spacial score (nSPS) is 28.4. The van der Waals surface area contributed by atoms with Crippen molar-refractivity contribution in [1.82, 2.24) is 0 Å². The molecular formula is C26H22O8. The number of hydrogen-bond donors (Lipinski definition) is 4. The molecule has 1 heterocycles. The molecule has 34 heavy (non-hydrogen) atoms. The van der Waals surface area contributed by atoms with Gasteiger partial charge in [-0.15, -0.1) is 0 Å². The number of benzene rings is 3. The maximum absolute atomic E-state index is 13.7. The molecule has 0 radical (unpaired) electrons. The minimum atomic E-state index is -3.52. The predicted molar refractivity (Wildman–Crippen MR) is 119 cm³/mol. The van der Waals surface area contributed by atoms with E-state index in [2.05, 4.69) is 0 Å². The van der Waals surface area contributed by atoms with Crippen molar-refractivity contribution >= 4 is 17.3 Å². The van der Waals surface area contributed by atoms with Crippen molar-refractivity contribution in [1.29, 1.82) is 0 Å². The number of Topliss-reactive ketones (excluding diaryl/α,β-unsaturated/α-hetero) is 3. The van der Waals surface area contributed by atoms with Crippen molar-refractivity contribution < 1.29 is 39.5 Å². The molecule has 174 valence electrons. The van der Waals surface area contributed by atoms with Crippen molar-refractivity contribution in [2.45, 2.75) is 23.1 Å². The van der Waals surface area contributed by atoms with Crippen LogP contribution in [0.15, 0.2) is 91.0 Å². The summed E-state index contributed by atoms with van der Waals surface area (Å²) in [5, 5.41) is 45.1. The number of aliphatic hydroxyl groups is 4. The van der Waals surface area contributed by atoms with Crippen LogP contribution in [0.3, 0.4) is 0 Å². The highest BCUT2D eigenvalue weighted by molar-refractivity contribution is 6.18. The zero-order valence-electron chi connectivity index (χ0n) is 17.9. The van der Waals surface area contributed by atoms with E-state index in [9.17, 15) is 34.8 Å². The Balaban J connectivity index is 1.98. The van der Waals surface area contributed by atoms with Gasteiger partial charge in [-0.05, 0) is 0 Å². The molecule has 4 atom stereocenters. The Morgan fingerprint density at radius 3 is 1.44 bits per heavy atom. The molecule has 1 fully saturated rings. The maximum atomic E-state index is 13.7. The summed E-state index contributed by atoms with van der Waals surface area (Å²) in [5.74, 6) is -7.22. The molecule has 8 heteroatoms. The van der Waals surface area contributed by atoms with E-state index in [-0.39, 0.29) is 16.7 Å². The third-order valence-corrected chi connectivity index (χ3v) is 6.08. The SMILES string of the molecule is O=C(c1ccccc1)[C@@]1(O)[C@](O)(C(=O)c2ccccc2)O[C@@H](CO)[C@@]1(O)C(=O)c1ccccc1. The van der Waals surface area contributed by atoms with Crippen LogP contribution in [0.5, 0.6) is 0 Å². The summed E-state index contributed by atoms with van der Waals surface area (Å²) in [4.78, 5) is 40.7. The molecule has 0 saturated carbocycles. The molecule has 8 nitrogen and oxygen atoms in total. The molecule has 4 N–H and O–H groups in total. The highest BCUT2D eigenvalue weighted by Crippen LogP contribution is 2.50. The smallest absolute Gasteiger partial charge is 0.272 e. The first kappa shape index (κ1) is 23.6. The van der Waals surface area contributed by atoms with E-state index in [1.807, 2.05) is 0 Å². The Labute approximate surface area is 194 Å². The molecule has 0 unspecified atom stereocenters. The zero-order valence-corrected chi connectivity index (χ0v) is 17.9. The number of carbonyl (C=O) groups is 3. The van der Waals surface area contributed by atoms with Crippen molar-refractivity contribution in [2.24, 2.45) is 0 Å². The van der Waals surface area contributed by atoms with E-state index < -0.39 is 47.0 Å². The van der Waals surface area contributed by atoms with Crippen LogP contribution in [0.4, 0.5) is 0 Å². The molecule has 3 aromatic rings. The molecule has 1 saturated heterocycles. The molecule has 0 spiro atoms. The Morgan fingerprint density at radius 2 is 1.03 bits per heavy atom. The zero-order chi connectivity index (χ0) is 24.6. The highest BCUT2D eigenvalue weighted by Gasteiger charge is 2.81. The van der Waals surface area contributed by atoms with Gasteiger partial charge >= 0.3 is 0 Å². The van der Waals surface area contributed by atoms with E-state index in [1.165, 1.54) is 72.8 Å². The fourth-order valence-corrected chi connectivity index (χ4v) is 4.29. The molecule has 4 rings (SSSR count). The van der Waals surface area contributed by atoms with Gasteiger partial charge in [-0.1, -0.05) is 91.0 Å². The van der Waals surface area contributed by atoms with Gasteiger partial charge in [-0.3, -0.25) is 14.4 Å². The molecule has 0 aliphatic carbocycles. The van der Waals surface area contributed by atoms with E-state index in [0.29, 0.717) is 0 Å². The number of ketones is 3. The summed E-state index contributed by atoms with van der Waals surface area (Å²) in [5.41, 5.74) is -7.24. The van der Waals surface area contributed by atoms with E-state index in [4.69, 9.17) is 4.74 Å². The quantitative estimate of drug-likeness (QED) is 0.384. The van der Waals surface area contributed by atoms with Crippen molar-refractivity contribution in [2.75, 3.05) is 6.61 Å². The number of hydrogen-bond acceptors (Lipinski definition) is 8. The van der Waals surface area contributed by atoms with Crippen molar-refractivity contribution in [3.63, 3.8) is 0 Å². The van der Waals surface area contributed by atoms with Crippen LogP contribution in [0.2, 0.25) is 0 Å². The summed E-state index contributed by atoms with van der Waals surface area (Å²) in [6.07, 6.45) is -2.02. The maximum Gasteiger partial charge on any atom is 0.272 e. The minimum Gasteiger partial charge on any atom is -0.394 e. The van der Waals surface area contributed by atoms with Crippen LogP contribution < -0.4 is 0 Å². The molecule has 1 aliphatic heterocycles. The number of aliphatic hydroxyl groups excluding tert-OH is 1. The fraction of sp³-hybridized carbons (Fsp3) is 0.192. The van der Waals surface area contributed by atoms with Gasteiger partial charge in [0.05, 0.1) is 6.61 Å². The second kappa shape index (κ2) is 8.68. The molecule has 0 amide bonds. The topological polar surface area (TPSA) is 141 Å². The fourth-order valence-electron chi connectivity index (χ4n) is 4.29. The van der Waals surface area contributed by atoms with Gasteiger partial charge in [-0.2, -0.15) is 0 Å². The first-order valence-electron chi connectivity index (χ1n) is 10.5. The molecular weight excluding hydrogens is 440 g/mol. The lowest BCUT2D eigenvalue weighted by Gasteiger charge is -2.40. The monoisotopic (exact) mass is 462 g/mol. The summed E-state index contributed by atoms with van der Waals surface area (Å²) in [7, 11) is 0. The van der Waals surface area contributed by atoms with E-state index >= 15 is 0 Å². The lowest BCUT2D eigenvalue weighted by atomic mass is 9.67. The second-order valence-corrected chi connectivity index (χ2v) is 8.00. The summed E-state index contributed by atoms with van der Waals surface area (Å²) in [6, 6.07) is 21.5. The molecule has 1 aliphatic rings. The van der Waals surface area contributed by atoms with Gasteiger partial charge in [0.25, 0.3) is 5.79 Å². The molecule has 3 aromatic carbocycles. The van der Waals surface area contributed by atoms with Crippen molar-refractivity contribution in [3.05, 3.63) is 108 Å². The Morgan fingerprint density at radius 1 is 0.647 bits per heavy atom. The molecule has 0 bridgehead atoms. The third-order valence-electron chi connectivity index (χ3n) is 6.08. The van der Waals surface area contributed by atoms with Gasteiger partial charge in [0, 0.05) is 16.7 Å². The average molecular weight is 462 g/mol. The standard InChI is InChI=1S/C26H22O8/c27-16-20-24(31,21(28)17-10-4-1-5-11-17)25(32,22(29)18-12-6-2-7-13-18)26(33,34-20)23(30)19-14-8-3-9-15-19/h1-15,20,27,31-33H,16H2/t20-,24+,25-,26-/m0/s1. The van der Waals surface area contributed by atoms with Gasteiger partial charge in [0.15, 0.2) is 5.60 Å². The number of rotatable bonds is 7. The van der Waals surface area contributed by atoms with E-state index in [0.717, 1.165) is 0 Å². The van der Waals surface area contributed by atoms with E-state index in [1.54, 1.807) is 18.2 Å². The first-order chi connectivity index (χ1) is 16.2. The Kier molecular flexibility index (Phi) is 6.03. The third kappa shape index (κ3) is 3.24.